The zero-order valence-corrected chi connectivity index (χ0v) is 18.6. The molecule has 5 heteroatoms. The number of likely N-dealkylation sites (N-methyl/N-ethyl adjacent to an activating group) is 1. The standard InChI is InChI=1S/C26H28ClFN2O/c1-29-20-10-12-23(29)25-21-13-18(27)7-11-22(21)30(24(25)14-20)15-26(31,16-3-2-4-16)17-5-8-19(28)9-6-17/h5-9,11,13,16,20,23,31H,2-4,10,12,14-15H2,1H3. The van der Waals surface area contributed by atoms with Gasteiger partial charge in [-0.15, -0.1) is 0 Å². The second-order valence-corrected chi connectivity index (χ2v) is 10.2. The molecule has 31 heavy (non-hydrogen) atoms. The van der Waals surface area contributed by atoms with Gasteiger partial charge in [0, 0.05) is 40.1 Å². The lowest BCUT2D eigenvalue weighted by Gasteiger charge is -2.43. The van der Waals surface area contributed by atoms with Crippen molar-refractivity contribution in [3.8, 4) is 0 Å². The average Bonchev–Trinajstić information content (AvgIpc) is 3.11. The highest BCUT2D eigenvalue weighted by atomic mass is 35.5. The van der Waals surface area contributed by atoms with Crippen molar-refractivity contribution in [1.29, 1.82) is 0 Å². The molecule has 1 saturated carbocycles. The molecule has 2 fully saturated rings. The maximum atomic E-state index is 13.6. The van der Waals surface area contributed by atoms with Crippen LogP contribution in [0.5, 0.6) is 0 Å². The van der Waals surface area contributed by atoms with Crippen molar-refractivity contribution in [1.82, 2.24) is 9.47 Å². The Balaban J connectivity index is 1.53. The molecule has 3 aliphatic rings. The highest BCUT2D eigenvalue weighted by molar-refractivity contribution is 6.31. The molecule has 3 aromatic rings. The van der Waals surface area contributed by atoms with Crippen LogP contribution in [0.1, 0.15) is 55.0 Å². The molecule has 1 aliphatic carbocycles. The van der Waals surface area contributed by atoms with Crippen molar-refractivity contribution in [3.63, 3.8) is 0 Å². The van der Waals surface area contributed by atoms with Gasteiger partial charge in [-0.2, -0.15) is 0 Å². The zero-order valence-electron chi connectivity index (χ0n) is 17.8. The van der Waals surface area contributed by atoms with Crippen LogP contribution < -0.4 is 0 Å². The fourth-order valence-electron chi connectivity index (χ4n) is 6.33. The number of aliphatic hydroxyl groups is 1. The number of aromatic nitrogens is 1. The number of fused-ring (bicyclic) bond motifs is 6. The van der Waals surface area contributed by atoms with Gasteiger partial charge in [0.1, 0.15) is 11.4 Å². The Kier molecular flexibility index (Phi) is 4.51. The van der Waals surface area contributed by atoms with E-state index in [0.717, 1.165) is 41.8 Å². The average molecular weight is 439 g/mol. The van der Waals surface area contributed by atoms with Crippen LogP contribution in [0.25, 0.3) is 10.9 Å². The molecule has 1 saturated heterocycles. The molecule has 1 aromatic heterocycles. The van der Waals surface area contributed by atoms with Crippen LogP contribution in [0.2, 0.25) is 5.02 Å². The van der Waals surface area contributed by atoms with E-state index in [0.29, 0.717) is 18.6 Å². The quantitative estimate of drug-likeness (QED) is 0.556. The van der Waals surface area contributed by atoms with E-state index in [9.17, 15) is 9.50 Å². The number of hydrogen-bond donors (Lipinski definition) is 1. The number of halogens is 2. The molecule has 2 bridgehead atoms. The van der Waals surface area contributed by atoms with Gasteiger partial charge in [0.05, 0.1) is 6.54 Å². The predicted molar refractivity (Wildman–Crippen MR) is 122 cm³/mol. The lowest BCUT2D eigenvalue weighted by atomic mass is 9.69. The van der Waals surface area contributed by atoms with Gasteiger partial charge in [0.2, 0.25) is 0 Å². The molecule has 6 rings (SSSR count). The Morgan fingerprint density at radius 1 is 1.10 bits per heavy atom. The van der Waals surface area contributed by atoms with Gasteiger partial charge in [-0.1, -0.05) is 30.2 Å². The number of nitrogens with zero attached hydrogens (tertiary/aromatic N) is 2. The molecule has 2 aliphatic heterocycles. The van der Waals surface area contributed by atoms with Crippen LogP contribution in [0.15, 0.2) is 42.5 Å². The van der Waals surface area contributed by atoms with Crippen LogP contribution in [-0.2, 0) is 18.6 Å². The van der Waals surface area contributed by atoms with E-state index in [1.54, 1.807) is 12.1 Å². The molecule has 3 unspecified atom stereocenters. The fourth-order valence-corrected chi connectivity index (χ4v) is 6.50. The first-order valence-corrected chi connectivity index (χ1v) is 11.8. The van der Waals surface area contributed by atoms with E-state index in [1.165, 1.54) is 41.6 Å². The Morgan fingerprint density at radius 3 is 2.58 bits per heavy atom. The van der Waals surface area contributed by atoms with E-state index in [1.807, 2.05) is 6.07 Å². The van der Waals surface area contributed by atoms with E-state index in [4.69, 9.17) is 11.6 Å². The Morgan fingerprint density at radius 2 is 1.87 bits per heavy atom. The molecule has 0 radical (unpaired) electrons. The van der Waals surface area contributed by atoms with Crippen LogP contribution in [0, 0.1) is 11.7 Å². The van der Waals surface area contributed by atoms with Gasteiger partial charge in [-0.3, -0.25) is 4.90 Å². The third-order valence-electron chi connectivity index (χ3n) is 8.30. The molecule has 1 N–H and O–H groups in total. The molecular formula is C26H28ClFN2O. The number of benzene rings is 2. The number of hydrogen-bond acceptors (Lipinski definition) is 2. The molecule has 3 nitrogen and oxygen atoms in total. The Labute approximate surface area is 187 Å². The minimum atomic E-state index is -1.01. The maximum absolute atomic E-state index is 13.6. The van der Waals surface area contributed by atoms with Crippen molar-refractivity contribution in [3.05, 3.63) is 70.1 Å². The van der Waals surface area contributed by atoms with Gasteiger partial charge < -0.3 is 9.67 Å². The lowest BCUT2D eigenvalue weighted by Crippen LogP contribution is -2.43. The molecule has 2 aromatic carbocycles. The SMILES string of the molecule is CN1C2CCC1c1c(n(CC(O)(c3ccc(F)cc3)C3CCC3)c3ccc(Cl)cc13)C2. The fraction of sp³-hybridized carbons (Fsp3) is 0.462. The summed E-state index contributed by atoms with van der Waals surface area (Å²) in [7, 11) is 2.24. The van der Waals surface area contributed by atoms with Gasteiger partial charge >= 0.3 is 0 Å². The first-order chi connectivity index (χ1) is 15.0. The zero-order chi connectivity index (χ0) is 21.3. The lowest BCUT2D eigenvalue weighted by molar-refractivity contribution is -0.0697. The van der Waals surface area contributed by atoms with E-state index >= 15 is 0 Å². The van der Waals surface area contributed by atoms with Crippen LogP contribution in [0.3, 0.4) is 0 Å². The molecular weight excluding hydrogens is 411 g/mol. The van der Waals surface area contributed by atoms with Gasteiger partial charge in [-0.05, 0) is 80.1 Å². The van der Waals surface area contributed by atoms with Crippen molar-refractivity contribution >= 4 is 22.5 Å². The van der Waals surface area contributed by atoms with E-state index in [2.05, 4.69) is 28.6 Å². The summed E-state index contributed by atoms with van der Waals surface area (Å²) in [5, 5.41) is 14.1. The van der Waals surface area contributed by atoms with Crippen molar-refractivity contribution < 1.29 is 9.50 Å². The number of rotatable bonds is 4. The predicted octanol–water partition coefficient (Wildman–Crippen LogP) is 5.81. The van der Waals surface area contributed by atoms with Crippen molar-refractivity contribution in [2.45, 2.75) is 62.8 Å². The Bertz CT molecular complexity index is 1150. The normalized spacial score (nSPS) is 25.4. The van der Waals surface area contributed by atoms with Crippen LogP contribution >= 0.6 is 11.6 Å². The van der Waals surface area contributed by atoms with Gasteiger partial charge in [0.15, 0.2) is 0 Å². The third-order valence-corrected chi connectivity index (χ3v) is 8.54. The molecule has 162 valence electrons. The van der Waals surface area contributed by atoms with Gasteiger partial charge in [-0.25, -0.2) is 4.39 Å². The topological polar surface area (TPSA) is 28.4 Å². The summed E-state index contributed by atoms with van der Waals surface area (Å²) in [6, 6.07) is 13.6. The van der Waals surface area contributed by atoms with E-state index < -0.39 is 5.60 Å². The smallest absolute Gasteiger partial charge is 0.123 e. The first-order valence-electron chi connectivity index (χ1n) is 11.5. The summed E-state index contributed by atoms with van der Waals surface area (Å²) < 4.78 is 16.0. The highest BCUT2D eigenvalue weighted by Crippen LogP contribution is 2.49. The summed E-state index contributed by atoms with van der Waals surface area (Å²) >= 11 is 6.43. The largest absolute Gasteiger partial charge is 0.383 e. The van der Waals surface area contributed by atoms with Crippen LogP contribution in [-0.4, -0.2) is 27.7 Å². The Hall–Kier alpha value is -1.88. The van der Waals surface area contributed by atoms with Gasteiger partial charge in [0.25, 0.3) is 0 Å². The van der Waals surface area contributed by atoms with Crippen molar-refractivity contribution in [2.75, 3.05) is 7.05 Å². The second kappa shape index (κ2) is 7.06. The molecule has 0 amide bonds. The minimum Gasteiger partial charge on any atom is -0.383 e. The summed E-state index contributed by atoms with van der Waals surface area (Å²) in [6.07, 6.45) is 6.54. The molecule has 0 spiro atoms. The summed E-state index contributed by atoms with van der Waals surface area (Å²) in [6.45, 7) is 0.500. The van der Waals surface area contributed by atoms with E-state index in [-0.39, 0.29) is 11.7 Å². The van der Waals surface area contributed by atoms with Crippen LogP contribution in [0.4, 0.5) is 4.39 Å². The summed E-state index contributed by atoms with van der Waals surface area (Å²) in [4.78, 5) is 2.52. The minimum absolute atomic E-state index is 0.196. The summed E-state index contributed by atoms with van der Waals surface area (Å²) in [5.74, 6) is -0.0703. The highest BCUT2D eigenvalue weighted by Gasteiger charge is 2.45. The third kappa shape index (κ3) is 2.92. The molecule has 3 atom stereocenters. The molecule has 3 heterocycles. The van der Waals surface area contributed by atoms with Crippen molar-refractivity contribution in [2.24, 2.45) is 5.92 Å². The summed E-state index contributed by atoms with van der Waals surface area (Å²) in [5.41, 5.74) is 3.70. The maximum Gasteiger partial charge on any atom is 0.123 e. The second-order valence-electron chi connectivity index (χ2n) is 9.78. The first kappa shape index (κ1) is 19.8. The monoisotopic (exact) mass is 438 g/mol.